The van der Waals surface area contributed by atoms with Crippen molar-refractivity contribution in [2.75, 3.05) is 49.3 Å². The van der Waals surface area contributed by atoms with Gasteiger partial charge in [0.2, 0.25) is 26.3 Å². The highest BCUT2D eigenvalue weighted by Crippen LogP contribution is 2.78. The zero-order valence-electron chi connectivity index (χ0n) is 31.6. The average Bonchev–Trinajstić information content (AvgIpc) is 3.98. The first-order valence-electron chi connectivity index (χ1n) is 18.1. The van der Waals surface area contributed by atoms with Crippen LogP contribution in [-0.2, 0) is 42.7 Å². The fraction of sp³-hybridized carbons (Fsp3) is 0.676. The summed E-state index contributed by atoms with van der Waals surface area (Å²) < 4.78 is 13.7. The minimum absolute atomic E-state index is 0.0227. The molecule has 7 fully saturated rings. The van der Waals surface area contributed by atoms with Crippen LogP contribution in [0.2, 0.25) is 0 Å². The standard InChI is InChI=1S/C12H14ClNO2.C12H15NO3.C10H8O3.C2H7N.CH5NO.Cl2OS/c1-14(2)11(16)9-7-5-12(7)4-3-6(12)8(9)10(13)15;1-13(2)10(14)8-7-5-12(7)4-3-6(12)9(8)11(15)16;11-8-6-4-1-2-10(4)3-5(10)7(6)9(12)13-8;1-3-2;1-2-3;1-4(2)3/h3-4,6-9H,5H2,1-2H3;3-4,6-9H,5H2,1-2H3,(H,15,16);1-2,4-7H,3H2;3H,1-2H3;2-3H,1H3;/t2*6?,7?,8-,9+,12?;4?,5?,6-,7+,10?;;;/m101.../s1. The maximum atomic E-state index is 12.1. The summed E-state index contributed by atoms with van der Waals surface area (Å²) in [6, 6.07) is 0. The summed E-state index contributed by atoms with van der Waals surface area (Å²) in [6.45, 7) is 0. The molecule has 4 N–H and O–H groups in total. The molecular formula is C37H49Cl3N4O10S. The Morgan fingerprint density at radius 3 is 1.42 bits per heavy atom. The number of nitrogens with zero attached hydrogens (tertiary/aromatic N) is 2. The molecular weight excluding hydrogens is 799 g/mol. The molecule has 15 atom stereocenters. The number of carboxylic acid groups (broad SMARTS) is 1. The van der Waals surface area contributed by atoms with Crippen LogP contribution in [-0.4, -0.2) is 109 Å². The second kappa shape index (κ2) is 15.9. The van der Waals surface area contributed by atoms with E-state index < -0.39 is 21.1 Å². The number of hydrogen-bond donors (Lipinski definition) is 4. The van der Waals surface area contributed by atoms with Crippen LogP contribution in [0.25, 0.3) is 0 Å². The highest BCUT2D eigenvalue weighted by Gasteiger charge is 2.78. The number of nitrogens with one attached hydrogen (secondary N) is 2. The van der Waals surface area contributed by atoms with Crippen molar-refractivity contribution in [2.45, 2.75) is 19.3 Å². The SMILES string of the molecule is CN(C)C(=O)[C@H]1C2CC23C=CC3[C@H]1C(=O)Cl.CN(C)C(=O)[C@H]1C2CC23C=CC3[C@H]1C(=O)O.CNC.CNO.O=C1OC(=O)[C@H]2C3CC34C=CC4[C@@H]12.O=S(Cl)Cl. The zero-order chi connectivity index (χ0) is 41.1. The van der Waals surface area contributed by atoms with Gasteiger partial charge in [0.25, 0.3) is 0 Å². The van der Waals surface area contributed by atoms with Crippen molar-refractivity contribution in [1.29, 1.82) is 0 Å². The number of ether oxygens (including phenoxy) is 1. The molecule has 9 aliphatic carbocycles. The number of amides is 2. The number of aliphatic carboxylic acids is 1. The number of esters is 2. The predicted molar refractivity (Wildman–Crippen MR) is 203 cm³/mol. The van der Waals surface area contributed by atoms with Gasteiger partial charge in [0.05, 0.1) is 35.5 Å². The quantitative estimate of drug-likeness (QED) is 0.106. The normalized spacial score (nSPS) is 42.5. The van der Waals surface area contributed by atoms with Crippen LogP contribution in [0.1, 0.15) is 19.3 Å². The number of allylic oxidation sites excluding steroid dienone is 6. The van der Waals surface area contributed by atoms with Crippen LogP contribution >= 0.6 is 33.0 Å². The van der Waals surface area contributed by atoms with Crippen LogP contribution in [0, 0.1) is 87.3 Å². The Morgan fingerprint density at radius 2 is 1.07 bits per heavy atom. The van der Waals surface area contributed by atoms with Gasteiger partial charge in [0.1, 0.15) is 0 Å². The molecule has 55 heavy (non-hydrogen) atoms. The van der Waals surface area contributed by atoms with Crippen molar-refractivity contribution >= 4 is 77.2 Å². The largest absolute Gasteiger partial charge is 0.481 e. The van der Waals surface area contributed by atoms with Gasteiger partial charge in [-0.05, 0) is 84.9 Å². The Kier molecular flexibility index (Phi) is 12.6. The summed E-state index contributed by atoms with van der Waals surface area (Å²) in [4.78, 5) is 72.7. The van der Waals surface area contributed by atoms with Gasteiger partial charge in [-0.25, -0.2) is 9.69 Å². The molecule has 6 saturated carbocycles. The molecule has 1 saturated heterocycles. The third-order valence-electron chi connectivity index (χ3n) is 13.4. The molecule has 0 bridgehead atoms. The van der Waals surface area contributed by atoms with Gasteiger partial charge in [-0.3, -0.25) is 28.8 Å². The first kappa shape index (κ1) is 43.5. The number of hydrogen-bond acceptors (Lipinski definition) is 11. The van der Waals surface area contributed by atoms with Crippen molar-refractivity contribution in [2.24, 2.45) is 87.3 Å². The van der Waals surface area contributed by atoms with Gasteiger partial charge in [-0.2, -0.15) is 0 Å². The van der Waals surface area contributed by atoms with E-state index in [0.29, 0.717) is 17.8 Å². The van der Waals surface area contributed by atoms with Gasteiger partial charge in [-0.15, -0.1) is 0 Å². The Labute approximate surface area is 336 Å². The van der Waals surface area contributed by atoms with Gasteiger partial charge < -0.3 is 30.2 Å². The van der Waals surface area contributed by atoms with E-state index in [2.05, 4.69) is 55.7 Å². The summed E-state index contributed by atoms with van der Waals surface area (Å²) >= 11 is 5.66. The molecule has 0 aromatic rings. The van der Waals surface area contributed by atoms with E-state index in [1.807, 2.05) is 26.2 Å². The molecule has 0 aromatic carbocycles. The van der Waals surface area contributed by atoms with Crippen LogP contribution in [0.15, 0.2) is 36.5 Å². The lowest BCUT2D eigenvalue weighted by Crippen LogP contribution is -2.39. The van der Waals surface area contributed by atoms with Crippen molar-refractivity contribution in [1.82, 2.24) is 20.6 Å². The molecule has 10 aliphatic rings. The van der Waals surface area contributed by atoms with Crippen LogP contribution in [0.5, 0.6) is 0 Å². The topological polar surface area (TPSA) is 200 Å². The molecule has 3 spiro atoms. The monoisotopic (exact) mass is 846 g/mol. The lowest BCUT2D eigenvalue weighted by Gasteiger charge is -2.31. The van der Waals surface area contributed by atoms with Crippen molar-refractivity contribution < 1.29 is 48.0 Å². The van der Waals surface area contributed by atoms with E-state index in [1.54, 1.807) is 38.6 Å². The third kappa shape index (κ3) is 7.14. The number of cyclic esters (lactones) is 2. The molecule has 10 rings (SSSR count). The smallest absolute Gasteiger partial charge is 0.318 e. The molecule has 0 radical (unpaired) electrons. The van der Waals surface area contributed by atoms with Crippen molar-refractivity contribution in [3.8, 4) is 0 Å². The van der Waals surface area contributed by atoms with E-state index in [1.165, 1.54) is 11.9 Å². The third-order valence-corrected chi connectivity index (χ3v) is 13.6. The van der Waals surface area contributed by atoms with Crippen LogP contribution in [0.3, 0.4) is 0 Å². The number of halogens is 3. The van der Waals surface area contributed by atoms with Crippen LogP contribution < -0.4 is 10.8 Å². The van der Waals surface area contributed by atoms with Gasteiger partial charge in [0, 0.05) is 68.4 Å². The average molecular weight is 848 g/mol. The number of hydroxylamine groups is 1. The fourth-order valence-corrected chi connectivity index (χ4v) is 11.2. The zero-order valence-corrected chi connectivity index (χ0v) is 34.7. The first-order valence-corrected chi connectivity index (χ1v) is 21.3. The van der Waals surface area contributed by atoms with Gasteiger partial charge in [0.15, 0.2) is 0 Å². The highest BCUT2D eigenvalue weighted by atomic mass is 36.0. The first-order chi connectivity index (χ1) is 25.8. The Bertz CT molecular complexity index is 1660. The highest BCUT2D eigenvalue weighted by molar-refractivity contribution is 8.26. The summed E-state index contributed by atoms with van der Waals surface area (Å²) in [7, 11) is 19.4. The Balaban J connectivity index is 0.000000142. The summed E-state index contributed by atoms with van der Waals surface area (Å²) in [5.41, 5.74) is 2.25. The van der Waals surface area contributed by atoms with E-state index in [-0.39, 0.29) is 92.6 Å². The molecule has 1 heterocycles. The van der Waals surface area contributed by atoms with Crippen molar-refractivity contribution in [3.63, 3.8) is 0 Å². The number of carboxylic acids is 1. The Morgan fingerprint density at radius 1 is 0.727 bits per heavy atom. The van der Waals surface area contributed by atoms with Crippen molar-refractivity contribution in [3.05, 3.63) is 36.5 Å². The van der Waals surface area contributed by atoms with E-state index in [0.717, 1.165) is 19.3 Å². The molecule has 2 amide bonds. The lowest BCUT2D eigenvalue weighted by atomic mass is 9.73. The van der Waals surface area contributed by atoms with E-state index >= 15 is 0 Å². The number of carbonyl (C=O) groups is 6. The fourth-order valence-electron chi connectivity index (χ4n) is 10.9. The number of fused-ring (bicyclic) bond motifs is 3. The second-order valence-corrected chi connectivity index (χ2v) is 19.2. The maximum absolute atomic E-state index is 12.1. The lowest BCUT2D eigenvalue weighted by molar-refractivity contribution is -0.155. The summed E-state index contributed by atoms with van der Waals surface area (Å²) in [6.07, 6.45) is 15.7. The summed E-state index contributed by atoms with van der Waals surface area (Å²) in [5.74, 6) is -1.18. The minimum Gasteiger partial charge on any atom is -0.481 e. The predicted octanol–water partition coefficient (Wildman–Crippen LogP) is 2.86. The van der Waals surface area contributed by atoms with Crippen LogP contribution in [0.4, 0.5) is 0 Å². The van der Waals surface area contributed by atoms with E-state index in [4.69, 9.17) is 21.0 Å². The molecule has 0 aromatic heterocycles. The summed E-state index contributed by atoms with van der Waals surface area (Å²) in [5, 5.41) is 19.0. The number of carbonyl (C=O) groups excluding carboxylic acids is 5. The molecule has 1 aliphatic heterocycles. The maximum Gasteiger partial charge on any atom is 0.318 e. The second-order valence-electron chi connectivity index (χ2n) is 16.3. The molecule has 18 heteroatoms. The minimum atomic E-state index is -1.67. The Hall–Kier alpha value is -2.66. The molecule has 9 unspecified atom stereocenters. The number of rotatable bonds is 4. The van der Waals surface area contributed by atoms with Gasteiger partial charge >= 0.3 is 17.9 Å². The molecule has 14 nitrogen and oxygen atoms in total. The van der Waals surface area contributed by atoms with Gasteiger partial charge in [-0.1, -0.05) is 36.5 Å². The van der Waals surface area contributed by atoms with E-state index in [9.17, 15) is 33.9 Å². The molecule has 304 valence electrons.